The molecule has 7 nitrogen and oxygen atoms in total. The number of rotatable bonds is 7. The van der Waals surface area contributed by atoms with Gasteiger partial charge in [-0.2, -0.15) is 0 Å². The maximum atomic E-state index is 11.7. The van der Waals surface area contributed by atoms with Gasteiger partial charge < -0.3 is 15.4 Å². The van der Waals surface area contributed by atoms with E-state index in [1.165, 1.54) is 0 Å². The fraction of sp³-hybridized carbons (Fsp3) is 0.923. The zero-order valence-electron chi connectivity index (χ0n) is 12.3. The Morgan fingerprint density at radius 3 is 2.67 bits per heavy atom. The SMILES string of the molecule is O=C(CCNC1CCS(=O)(=O)C1)NCCN1CCOCC1. The average molecular weight is 319 g/mol. The molecule has 2 N–H and O–H groups in total. The number of ether oxygens (including phenoxy) is 1. The first kappa shape index (κ1) is 16.7. The molecule has 1 atom stereocenters. The summed E-state index contributed by atoms with van der Waals surface area (Å²) < 4.78 is 27.9. The van der Waals surface area contributed by atoms with E-state index in [2.05, 4.69) is 15.5 Å². The molecule has 2 aliphatic heterocycles. The molecule has 1 unspecified atom stereocenters. The largest absolute Gasteiger partial charge is 0.379 e. The van der Waals surface area contributed by atoms with Gasteiger partial charge in [-0.15, -0.1) is 0 Å². The summed E-state index contributed by atoms with van der Waals surface area (Å²) in [7, 11) is -2.85. The summed E-state index contributed by atoms with van der Waals surface area (Å²) in [5.41, 5.74) is 0. The minimum absolute atomic E-state index is 0.0103. The molecule has 0 saturated carbocycles. The lowest BCUT2D eigenvalue weighted by Crippen LogP contribution is -2.41. The monoisotopic (exact) mass is 319 g/mol. The van der Waals surface area contributed by atoms with Crippen molar-refractivity contribution in [3.63, 3.8) is 0 Å². The molecule has 0 aromatic heterocycles. The lowest BCUT2D eigenvalue weighted by Gasteiger charge is -2.26. The Bertz CT molecular complexity index is 435. The third kappa shape index (κ3) is 6.29. The molecule has 2 heterocycles. The standard InChI is InChI=1S/C13H25N3O4S/c17-13(15-4-5-16-6-8-20-9-7-16)1-3-14-12-2-10-21(18,19)11-12/h12,14H,1-11H2,(H,15,17). The van der Waals surface area contributed by atoms with Crippen molar-refractivity contribution >= 4 is 15.7 Å². The number of sulfone groups is 1. The Morgan fingerprint density at radius 2 is 2.00 bits per heavy atom. The molecule has 122 valence electrons. The lowest BCUT2D eigenvalue weighted by atomic mass is 10.2. The number of amides is 1. The Morgan fingerprint density at radius 1 is 1.24 bits per heavy atom. The summed E-state index contributed by atoms with van der Waals surface area (Å²) in [5.74, 6) is 0.471. The number of hydrogen-bond donors (Lipinski definition) is 2. The van der Waals surface area contributed by atoms with E-state index < -0.39 is 9.84 Å². The van der Waals surface area contributed by atoms with Crippen molar-refractivity contribution in [3.8, 4) is 0 Å². The van der Waals surface area contributed by atoms with Gasteiger partial charge in [-0.1, -0.05) is 0 Å². The molecular formula is C13H25N3O4S. The van der Waals surface area contributed by atoms with Crippen molar-refractivity contribution < 1.29 is 17.9 Å². The third-order valence-electron chi connectivity index (χ3n) is 3.87. The first-order valence-corrected chi connectivity index (χ1v) is 9.38. The van der Waals surface area contributed by atoms with Gasteiger partial charge in [0.05, 0.1) is 24.7 Å². The number of nitrogens with zero attached hydrogens (tertiary/aromatic N) is 1. The molecule has 1 amide bonds. The van der Waals surface area contributed by atoms with Crippen LogP contribution < -0.4 is 10.6 Å². The van der Waals surface area contributed by atoms with E-state index in [0.717, 1.165) is 32.8 Å². The summed E-state index contributed by atoms with van der Waals surface area (Å²) in [5, 5.41) is 6.03. The molecule has 0 radical (unpaired) electrons. The molecule has 0 aromatic rings. The zero-order valence-corrected chi connectivity index (χ0v) is 13.2. The van der Waals surface area contributed by atoms with Gasteiger partial charge in [-0.3, -0.25) is 9.69 Å². The van der Waals surface area contributed by atoms with Crippen LogP contribution in [0.15, 0.2) is 0 Å². The van der Waals surface area contributed by atoms with Crippen LogP contribution in [0.3, 0.4) is 0 Å². The van der Waals surface area contributed by atoms with E-state index >= 15 is 0 Å². The predicted molar refractivity (Wildman–Crippen MR) is 79.9 cm³/mol. The smallest absolute Gasteiger partial charge is 0.221 e. The summed E-state index contributed by atoms with van der Waals surface area (Å²) in [6.07, 6.45) is 1.04. The van der Waals surface area contributed by atoms with Crippen LogP contribution in [0.4, 0.5) is 0 Å². The van der Waals surface area contributed by atoms with Crippen LogP contribution in [0.2, 0.25) is 0 Å². The van der Waals surface area contributed by atoms with Crippen molar-refractivity contribution in [2.45, 2.75) is 18.9 Å². The normalized spacial score (nSPS) is 25.8. The number of nitrogens with one attached hydrogen (secondary N) is 2. The maximum Gasteiger partial charge on any atom is 0.221 e. The second kappa shape index (κ2) is 8.07. The molecule has 2 saturated heterocycles. The van der Waals surface area contributed by atoms with Crippen molar-refractivity contribution in [2.75, 3.05) is 57.4 Å². The van der Waals surface area contributed by atoms with Crippen LogP contribution >= 0.6 is 0 Å². The Hall–Kier alpha value is -0.700. The lowest BCUT2D eigenvalue weighted by molar-refractivity contribution is -0.121. The van der Waals surface area contributed by atoms with Gasteiger partial charge in [0, 0.05) is 45.2 Å². The van der Waals surface area contributed by atoms with E-state index in [1.807, 2.05) is 0 Å². The second-order valence-corrected chi connectivity index (χ2v) is 7.84. The Kier molecular flexibility index (Phi) is 6.40. The molecule has 0 spiro atoms. The van der Waals surface area contributed by atoms with Gasteiger partial charge in [-0.25, -0.2) is 8.42 Å². The Labute approximate surface area is 126 Å². The molecule has 2 rings (SSSR count). The fourth-order valence-corrected chi connectivity index (χ4v) is 4.32. The first-order chi connectivity index (χ1) is 10.1. The van der Waals surface area contributed by atoms with Gasteiger partial charge in [0.2, 0.25) is 5.91 Å². The molecule has 2 aliphatic rings. The Balaban J connectivity index is 1.49. The second-order valence-electron chi connectivity index (χ2n) is 5.61. The van der Waals surface area contributed by atoms with Crippen molar-refractivity contribution in [1.29, 1.82) is 0 Å². The maximum absolute atomic E-state index is 11.7. The summed E-state index contributed by atoms with van der Waals surface area (Å²) in [6.45, 7) is 5.41. The predicted octanol–water partition coefficient (Wildman–Crippen LogP) is -1.40. The number of hydrogen-bond acceptors (Lipinski definition) is 6. The highest BCUT2D eigenvalue weighted by molar-refractivity contribution is 7.91. The van der Waals surface area contributed by atoms with Gasteiger partial charge in [0.1, 0.15) is 0 Å². The van der Waals surface area contributed by atoms with Gasteiger partial charge in [-0.05, 0) is 6.42 Å². The topological polar surface area (TPSA) is 87.7 Å². The van der Waals surface area contributed by atoms with Crippen molar-refractivity contribution in [1.82, 2.24) is 15.5 Å². The first-order valence-electron chi connectivity index (χ1n) is 7.56. The van der Waals surface area contributed by atoms with E-state index in [0.29, 0.717) is 25.9 Å². The van der Waals surface area contributed by atoms with E-state index in [1.54, 1.807) is 0 Å². The van der Waals surface area contributed by atoms with Gasteiger partial charge in [0.25, 0.3) is 0 Å². The van der Waals surface area contributed by atoms with Crippen LogP contribution in [0.25, 0.3) is 0 Å². The van der Waals surface area contributed by atoms with Crippen molar-refractivity contribution in [2.24, 2.45) is 0 Å². The molecule has 0 aromatic carbocycles. The van der Waals surface area contributed by atoms with Crippen LogP contribution in [0.5, 0.6) is 0 Å². The van der Waals surface area contributed by atoms with E-state index in [4.69, 9.17) is 4.74 Å². The zero-order chi connectivity index (χ0) is 15.1. The van der Waals surface area contributed by atoms with Crippen molar-refractivity contribution in [3.05, 3.63) is 0 Å². The molecule has 0 bridgehead atoms. The highest BCUT2D eigenvalue weighted by atomic mass is 32.2. The number of carbonyl (C=O) groups excluding carboxylic acids is 1. The molecule has 0 aliphatic carbocycles. The number of morpholine rings is 1. The molecule has 2 fully saturated rings. The third-order valence-corrected chi connectivity index (χ3v) is 5.64. The fourth-order valence-electron chi connectivity index (χ4n) is 2.61. The van der Waals surface area contributed by atoms with Crippen LogP contribution in [-0.4, -0.2) is 82.7 Å². The molecule has 21 heavy (non-hydrogen) atoms. The summed E-state index contributed by atoms with van der Waals surface area (Å²) in [4.78, 5) is 13.9. The van der Waals surface area contributed by atoms with E-state index in [-0.39, 0.29) is 23.5 Å². The molecular weight excluding hydrogens is 294 g/mol. The van der Waals surface area contributed by atoms with E-state index in [9.17, 15) is 13.2 Å². The average Bonchev–Trinajstić information content (AvgIpc) is 2.79. The van der Waals surface area contributed by atoms with Crippen LogP contribution in [-0.2, 0) is 19.4 Å². The van der Waals surface area contributed by atoms with Crippen LogP contribution in [0, 0.1) is 0 Å². The number of carbonyl (C=O) groups is 1. The quantitative estimate of drug-likeness (QED) is 0.600. The van der Waals surface area contributed by atoms with Gasteiger partial charge >= 0.3 is 0 Å². The summed E-state index contributed by atoms with van der Waals surface area (Å²) >= 11 is 0. The minimum atomic E-state index is -2.85. The minimum Gasteiger partial charge on any atom is -0.379 e. The van der Waals surface area contributed by atoms with Crippen LogP contribution in [0.1, 0.15) is 12.8 Å². The molecule has 8 heteroatoms. The highest BCUT2D eigenvalue weighted by Crippen LogP contribution is 2.10. The summed E-state index contributed by atoms with van der Waals surface area (Å²) in [6, 6.07) is 0.0103. The van der Waals surface area contributed by atoms with Gasteiger partial charge in [0.15, 0.2) is 9.84 Å². The highest BCUT2D eigenvalue weighted by Gasteiger charge is 2.27.